The molecule has 2 amide bonds. The molecule has 2 heterocycles. The monoisotopic (exact) mass is 334 g/mol. The highest BCUT2D eigenvalue weighted by atomic mass is 16.5. The van der Waals surface area contributed by atoms with Gasteiger partial charge in [-0.25, -0.2) is 0 Å². The minimum absolute atomic E-state index is 0.00637. The molecule has 24 heavy (non-hydrogen) atoms. The Kier molecular flexibility index (Phi) is 4.89. The number of aryl methyl sites for hydroxylation is 1. The first-order valence-corrected chi connectivity index (χ1v) is 8.57. The molecule has 7 heteroatoms. The van der Waals surface area contributed by atoms with Crippen LogP contribution >= 0.6 is 0 Å². The van der Waals surface area contributed by atoms with Gasteiger partial charge in [0.25, 0.3) is 0 Å². The van der Waals surface area contributed by atoms with E-state index in [-0.39, 0.29) is 30.2 Å². The van der Waals surface area contributed by atoms with Gasteiger partial charge in [0.15, 0.2) is 0 Å². The summed E-state index contributed by atoms with van der Waals surface area (Å²) in [4.78, 5) is 27.0. The first-order chi connectivity index (χ1) is 11.5. The van der Waals surface area contributed by atoms with E-state index >= 15 is 0 Å². The molecule has 0 bridgehead atoms. The Morgan fingerprint density at radius 1 is 1.46 bits per heavy atom. The van der Waals surface area contributed by atoms with Crippen molar-refractivity contribution < 1.29 is 14.3 Å². The predicted octanol–water partition coefficient (Wildman–Crippen LogP) is 0.791. The Bertz CT molecular complexity index is 623. The van der Waals surface area contributed by atoms with Gasteiger partial charge < -0.3 is 15.0 Å². The molecular weight excluding hydrogens is 308 g/mol. The van der Waals surface area contributed by atoms with Gasteiger partial charge in [-0.2, -0.15) is 5.10 Å². The lowest BCUT2D eigenvalue weighted by atomic mass is 9.93. The van der Waals surface area contributed by atoms with Crippen LogP contribution in [0, 0.1) is 18.8 Å². The number of nitrogens with zero attached hydrogens (tertiary/aromatic N) is 3. The summed E-state index contributed by atoms with van der Waals surface area (Å²) in [6.07, 6.45) is 4.41. The Morgan fingerprint density at radius 2 is 2.21 bits per heavy atom. The van der Waals surface area contributed by atoms with Crippen LogP contribution < -0.4 is 5.32 Å². The summed E-state index contributed by atoms with van der Waals surface area (Å²) in [5.41, 5.74) is 1.93. The smallest absolute Gasteiger partial charge is 0.226 e. The van der Waals surface area contributed by atoms with Crippen molar-refractivity contribution in [1.29, 1.82) is 0 Å². The normalized spacial score (nSPS) is 23.8. The number of carbonyl (C=O) groups excluding carboxylic acids is 2. The molecule has 7 nitrogen and oxygen atoms in total. The zero-order valence-corrected chi connectivity index (χ0v) is 14.6. The number of rotatable bonds is 7. The number of amides is 2. The standard InChI is InChI=1S/C17H26N4O3/c1-11-14(10-19-20(11)2)16-13(17(23)18-9-12-4-5-12)8-15(22)21(16)6-7-24-3/h10,12-13,16H,4-9H2,1-3H3,(H,18,23)/t13-,16-/m0/s1. The molecule has 1 saturated carbocycles. The van der Waals surface area contributed by atoms with Crippen molar-refractivity contribution in [3.8, 4) is 0 Å². The summed E-state index contributed by atoms with van der Waals surface area (Å²) in [5.74, 6) is 0.237. The van der Waals surface area contributed by atoms with Crippen LogP contribution in [0.25, 0.3) is 0 Å². The van der Waals surface area contributed by atoms with Crippen LogP contribution in [0.4, 0.5) is 0 Å². The zero-order chi connectivity index (χ0) is 17.3. The maximum absolute atomic E-state index is 12.7. The summed E-state index contributed by atoms with van der Waals surface area (Å²) in [5, 5.41) is 7.33. The molecule has 0 unspecified atom stereocenters. The number of hydrogen-bond acceptors (Lipinski definition) is 4. The van der Waals surface area contributed by atoms with E-state index < -0.39 is 0 Å². The molecule has 2 aliphatic rings. The van der Waals surface area contributed by atoms with Crippen LogP contribution in [0.15, 0.2) is 6.20 Å². The molecule has 2 atom stereocenters. The second kappa shape index (κ2) is 6.93. The van der Waals surface area contributed by atoms with E-state index in [4.69, 9.17) is 4.74 Å². The summed E-state index contributed by atoms with van der Waals surface area (Å²) >= 11 is 0. The minimum Gasteiger partial charge on any atom is -0.383 e. The summed E-state index contributed by atoms with van der Waals surface area (Å²) in [6, 6.07) is -0.263. The summed E-state index contributed by atoms with van der Waals surface area (Å²) < 4.78 is 6.92. The second-order valence-electron chi connectivity index (χ2n) is 6.83. The number of carbonyl (C=O) groups is 2. The maximum atomic E-state index is 12.7. The van der Waals surface area contributed by atoms with Crippen molar-refractivity contribution in [3.05, 3.63) is 17.5 Å². The van der Waals surface area contributed by atoms with Gasteiger partial charge in [-0.1, -0.05) is 0 Å². The number of methoxy groups -OCH3 is 1. The van der Waals surface area contributed by atoms with E-state index in [1.807, 2.05) is 14.0 Å². The minimum atomic E-state index is -0.365. The molecule has 1 aromatic rings. The van der Waals surface area contributed by atoms with Crippen molar-refractivity contribution in [1.82, 2.24) is 20.0 Å². The topological polar surface area (TPSA) is 76.5 Å². The van der Waals surface area contributed by atoms with Gasteiger partial charge in [-0.05, 0) is 25.7 Å². The zero-order valence-electron chi connectivity index (χ0n) is 14.6. The SMILES string of the molecule is COCCN1C(=O)C[C@H](C(=O)NCC2CC2)[C@H]1c1cnn(C)c1C. The lowest BCUT2D eigenvalue weighted by Crippen LogP contribution is -2.37. The van der Waals surface area contributed by atoms with Gasteiger partial charge in [0.05, 0.1) is 24.8 Å². The molecule has 0 spiro atoms. The van der Waals surface area contributed by atoms with Crippen molar-refractivity contribution in [2.45, 2.75) is 32.2 Å². The summed E-state index contributed by atoms with van der Waals surface area (Å²) in [6.45, 7) is 3.64. The molecule has 132 valence electrons. The van der Waals surface area contributed by atoms with E-state index in [1.165, 1.54) is 12.8 Å². The molecule has 0 radical (unpaired) electrons. The summed E-state index contributed by atoms with van der Waals surface area (Å²) in [7, 11) is 3.49. The third-order valence-corrected chi connectivity index (χ3v) is 5.16. The van der Waals surface area contributed by atoms with Gasteiger partial charge in [-0.15, -0.1) is 0 Å². The fraction of sp³-hybridized carbons (Fsp3) is 0.706. The fourth-order valence-electron chi connectivity index (χ4n) is 3.37. The Balaban J connectivity index is 1.83. The molecule has 0 aromatic carbocycles. The third kappa shape index (κ3) is 3.31. The van der Waals surface area contributed by atoms with Crippen molar-refractivity contribution in [3.63, 3.8) is 0 Å². The van der Waals surface area contributed by atoms with Gasteiger partial charge >= 0.3 is 0 Å². The lowest BCUT2D eigenvalue weighted by molar-refractivity contribution is -0.129. The second-order valence-corrected chi connectivity index (χ2v) is 6.83. The third-order valence-electron chi connectivity index (χ3n) is 5.16. The Morgan fingerprint density at radius 3 is 2.79 bits per heavy atom. The van der Waals surface area contributed by atoms with Crippen LogP contribution in [0.5, 0.6) is 0 Å². The molecule has 1 aliphatic heterocycles. The van der Waals surface area contributed by atoms with E-state index in [1.54, 1.807) is 22.9 Å². The number of hydrogen-bond donors (Lipinski definition) is 1. The van der Waals surface area contributed by atoms with Crippen molar-refractivity contribution in [2.24, 2.45) is 18.9 Å². The van der Waals surface area contributed by atoms with Gasteiger partial charge in [0.2, 0.25) is 11.8 Å². The van der Waals surface area contributed by atoms with Crippen LogP contribution in [-0.4, -0.2) is 53.3 Å². The van der Waals surface area contributed by atoms with Crippen molar-refractivity contribution in [2.75, 3.05) is 26.8 Å². The van der Waals surface area contributed by atoms with E-state index in [2.05, 4.69) is 10.4 Å². The molecular formula is C17H26N4O3. The predicted molar refractivity (Wildman–Crippen MR) is 88.1 cm³/mol. The Hall–Kier alpha value is -1.89. The maximum Gasteiger partial charge on any atom is 0.226 e. The number of likely N-dealkylation sites (tertiary alicyclic amines) is 1. The highest BCUT2D eigenvalue weighted by molar-refractivity contribution is 5.90. The van der Waals surface area contributed by atoms with E-state index in [0.29, 0.717) is 19.1 Å². The number of ether oxygens (including phenoxy) is 1. The van der Waals surface area contributed by atoms with Gasteiger partial charge in [-0.3, -0.25) is 14.3 Å². The van der Waals surface area contributed by atoms with E-state index in [9.17, 15) is 9.59 Å². The van der Waals surface area contributed by atoms with Gasteiger partial charge in [0, 0.05) is 44.9 Å². The van der Waals surface area contributed by atoms with E-state index in [0.717, 1.165) is 17.8 Å². The van der Waals surface area contributed by atoms with Crippen LogP contribution in [0.2, 0.25) is 0 Å². The number of aromatic nitrogens is 2. The fourth-order valence-corrected chi connectivity index (χ4v) is 3.37. The van der Waals surface area contributed by atoms with Crippen LogP contribution in [0.3, 0.4) is 0 Å². The van der Waals surface area contributed by atoms with Crippen LogP contribution in [-0.2, 0) is 21.4 Å². The lowest BCUT2D eigenvalue weighted by Gasteiger charge is -2.27. The first kappa shape index (κ1) is 17.0. The molecule has 1 saturated heterocycles. The Labute approximate surface area is 142 Å². The largest absolute Gasteiger partial charge is 0.383 e. The highest BCUT2D eigenvalue weighted by Gasteiger charge is 2.45. The average molecular weight is 334 g/mol. The quantitative estimate of drug-likeness (QED) is 0.800. The molecule has 1 N–H and O–H groups in total. The molecule has 1 aromatic heterocycles. The molecule has 1 aliphatic carbocycles. The highest BCUT2D eigenvalue weighted by Crippen LogP contribution is 2.39. The van der Waals surface area contributed by atoms with Gasteiger partial charge in [0.1, 0.15) is 0 Å². The van der Waals surface area contributed by atoms with Crippen molar-refractivity contribution >= 4 is 11.8 Å². The molecule has 2 fully saturated rings. The average Bonchev–Trinajstić information content (AvgIpc) is 3.27. The van der Waals surface area contributed by atoms with Crippen LogP contribution in [0.1, 0.15) is 36.6 Å². The molecule has 3 rings (SSSR count). The first-order valence-electron chi connectivity index (χ1n) is 8.57. The number of nitrogens with one attached hydrogen (secondary N) is 1.